The van der Waals surface area contributed by atoms with Gasteiger partial charge in [0.15, 0.2) is 0 Å². The standard InChI is InChI=1S/C15H13BrClNO/c1-10-2-5-12(8-14(10)17)15(19)18-13-6-3-11(9-16)4-7-13/h2-8H,9H2,1H3,(H,18,19). The zero-order valence-corrected chi connectivity index (χ0v) is 12.8. The van der Waals surface area contributed by atoms with Gasteiger partial charge in [-0.25, -0.2) is 0 Å². The van der Waals surface area contributed by atoms with Crippen LogP contribution in [0, 0.1) is 6.92 Å². The van der Waals surface area contributed by atoms with Crippen LogP contribution < -0.4 is 5.32 Å². The highest BCUT2D eigenvalue weighted by Crippen LogP contribution is 2.18. The average Bonchev–Trinajstić information content (AvgIpc) is 2.42. The van der Waals surface area contributed by atoms with Crippen molar-refractivity contribution < 1.29 is 4.79 Å². The number of nitrogens with one attached hydrogen (secondary N) is 1. The van der Waals surface area contributed by atoms with Crippen molar-refractivity contribution in [3.05, 3.63) is 64.2 Å². The van der Waals surface area contributed by atoms with E-state index < -0.39 is 0 Å². The van der Waals surface area contributed by atoms with Gasteiger partial charge < -0.3 is 5.32 Å². The molecule has 1 N–H and O–H groups in total. The highest BCUT2D eigenvalue weighted by atomic mass is 79.9. The van der Waals surface area contributed by atoms with Crippen LogP contribution in [0.1, 0.15) is 21.5 Å². The minimum absolute atomic E-state index is 0.159. The monoisotopic (exact) mass is 337 g/mol. The number of benzene rings is 2. The van der Waals surface area contributed by atoms with E-state index in [4.69, 9.17) is 11.6 Å². The fraction of sp³-hybridized carbons (Fsp3) is 0.133. The summed E-state index contributed by atoms with van der Waals surface area (Å²) in [5, 5.41) is 4.24. The van der Waals surface area contributed by atoms with Gasteiger partial charge in [0.2, 0.25) is 0 Å². The Hall–Kier alpha value is -1.32. The maximum absolute atomic E-state index is 12.1. The molecule has 98 valence electrons. The second-order valence-corrected chi connectivity index (χ2v) is 5.22. The van der Waals surface area contributed by atoms with Gasteiger partial charge in [0.1, 0.15) is 0 Å². The number of hydrogen-bond donors (Lipinski definition) is 1. The fourth-order valence-electron chi connectivity index (χ4n) is 1.61. The van der Waals surface area contributed by atoms with Crippen LogP contribution in [0.2, 0.25) is 5.02 Å². The van der Waals surface area contributed by atoms with Crippen LogP contribution in [0.15, 0.2) is 42.5 Å². The smallest absolute Gasteiger partial charge is 0.255 e. The third-order valence-electron chi connectivity index (χ3n) is 2.80. The summed E-state index contributed by atoms with van der Waals surface area (Å²) in [5.41, 5.74) is 3.45. The summed E-state index contributed by atoms with van der Waals surface area (Å²) in [6, 6.07) is 13.0. The van der Waals surface area contributed by atoms with Gasteiger partial charge in [-0.05, 0) is 42.3 Å². The lowest BCUT2D eigenvalue weighted by Crippen LogP contribution is -2.11. The quantitative estimate of drug-likeness (QED) is 0.801. The van der Waals surface area contributed by atoms with Gasteiger partial charge in [-0.2, -0.15) is 0 Å². The molecule has 0 aliphatic rings. The summed E-state index contributed by atoms with van der Waals surface area (Å²) in [6.07, 6.45) is 0. The highest BCUT2D eigenvalue weighted by Gasteiger charge is 2.07. The zero-order chi connectivity index (χ0) is 13.8. The van der Waals surface area contributed by atoms with E-state index in [1.54, 1.807) is 12.1 Å². The molecule has 2 aromatic carbocycles. The molecule has 2 rings (SSSR count). The Morgan fingerprint density at radius 2 is 1.89 bits per heavy atom. The molecule has 0 aliphatic carbocycles. The molecule has 0 atom stereocenters. The molecular formula is C15H13BrClNO. The Morgan fingerprint density at radius 3 is 2.47 bits per heavy atom. The van der Waals surface area contributed by atoms with Crippen LogP contribution in [-0.4, -0.2) is 5.91 Å². The number of hydrogen-bond acceptors (Lipinski definition) is 1. The molecule has 0 bridgehead atoms. The van der Waals surface area contributed by atoms with Crippen molar-refractivity contribution in [1.29, 1.82) is 0 Å². The van der Waals surface area contributed by atoms with Gasteiger partial charge >= 0.3 is 0 Å². The Labute approximate surface area is 125 Å². The first-order chi connectivity index (χ1) is 9.10. The second kappa shape index (κ2) is 6.22. The Bertz CT molecular complexity index is 596. The lowest BCUT2D eigenvalue weighted by molar-refractivity contribution is 0.102. The van der Waals surface area contributed by atoms with Crippen molar-refractivity contribution >= 4 is 39.1 Å². The predicted octanol–water partition coefficient (Wildman–Crippen LogP) is 4.80. The molecule has 2 nitrogen and oxygen atoms in total. The summed E-state index contributed by atoms with van der Waals surface area (Å²) >= 11 is 9.40. The largest absolute Gasteiger partial charge is 0.322 e. The topological polar surface area (TPSA) is 29.1 Å². The lowest BCUT2D eigenvalue weighted by Gasteiger charge is -2.07. The first kappa shape index (κ1) is 14.1. The Morgan fingerprint density at radius 1 is 1.21 bits per heavy atom. The maximum Gasteiger partial charge on any atom is 0.255 e. The highest BCUT2D eigenvalue weighted by molar-refractivity contribution is 9.08. The van der Waals surface area contributed by atoms with Gasteiger partial charge in [0, 0.05) is 21.6 Å². The molecule has 0 saturated carbocycles. The molecule has 2 aromatic rings. The van der Waals surface area contributed by atoms with E-state index in [-0.39, 0.29) is 5.91 Å². The SMILES string of the molecule is Cc1ccc(C(=O)Nc2ccc(CBr)cc2)cc1Cl. The molecule has 0 spiro atoms. The second-order valence-electron chi connectivity index (χ2n) is 4.25. The summed E-state index contributed by atoms with van der Waals surface area (Å²) in [4.78, 5) is 12.1. The van der Waals surface area contributed by atoms with Crippen LogP contribution in [0.5, 0.6) is 0 Å². The average molecular weight is 339 g/mol. The van der Waals surface area contributed by atoms with Crippen molar-refractivity contribution in [1.82, 2.24) is 0 Å². The van der Waals surface area contributed by atoms with E-state index >= 15 is 0 Å². The molecule has 0 saturated heterocycles. The van der Waals surface area contributed by atoms with E-state index in [1.165, 1.54) is 0 Å². The van der Waals surface area contributed by atoms with Crippen LogP contribution in [0.25, 0.3) is 0 Å². The fourth-order valence-corrected chi connectivity index (χ4v) is 2.17. The van der Waals surface area contributed by atoms with E-state index in [0.29, 0.717) is 10.6 Å². The molecule has 0 fully saturated rings. The number of alkyl halides is 1. The summed E-state index contributed by atoms with van der Waals surface area (Å²) in [6.45, 7) is 1.91. The third-order valence-corrected chi connectivity index (χ3v) is 3.85. The number of rotatable bonds is 3. The summed E-state index contributed by atoms with van der Waals surface area (Å²) < 4.78 is 0. The Kier molecular flexibility index (Phi) is 4.61. The third kappa shape index (κ3) is 3.58. The van der Waals surface area contributed by atoms with E-state index in [1.807, 2.05) is 37.3 Å². The molecule has 19 heavy (non-hydrogen) atoms. The normalized spacial score (nSPS) is 10.3. The van der Waals surface area contributed by atoms with Crippen molar-refractivity contribution in [2.75, 3.05) is 5.32 Å². The number of carbonyl (C=O) groups excluding carboxylic acids is 1. The first-order valence-electron chi connectivity index (χ1n) is 5.82. The number of halogens is 2. The van der Waals surface area contributed by atoms with Gasteiger partial charge in [0.05, 0.1) is 0 Å². The van der Waals surface area contributed by atoms with E-state index in [0.717, 1.165) is 22.1 Å². The number of amides is 1. The molecular weight excluding hydrogens is 326 g/mol. The van der Waals surface area contributed by atoms with Crippen molar-refractivity contribution in [3.8, 4) is 0 Å². The van der Waals surface area contributed by atoms with E-state index in [2.05, 4.69) is 21.2 Å². The molecule has 0 unspecified atom stereocenters. The van der Waals surface area contributed by atoms with Crippen molar-refractivity contribution in [3.63, 3.8) is 0 Å². The van der Waals surface area contributed by atoms with Crippen molar-refractivity contribution in [2.45, 2.75) is 12.3 Å². The van der Waals surface area contributed by atoms with Gasteiger partial charge in [-0.15, -0.1) is 0 Å². The van der Waals surface area contributed by atoms with Gasteiger partial charge in [0.25, 0.3) is 5.91 Å². The van der Waals surface area contributed by atoms with Gasteiger partial charge in [-0.1, -0.05) is 45.7 Å². The molecule has 0 radical (unpaired) electrons. The summed E-state index contributed by atoms with van der Waals surface area (Å²) in [7, 11) is 0. The molecule has 4 heteroatoms. The number of anilines is 1. The predicted molar refractivity (Wildman–Crippen MR) is 83.2 cm³/mol. The minimum atomic E-state index is -0.159. The van der Waals surface area contributed by atoms with Gasteiger partial charge in [-0.3, -0.25) is 4.79 Å². The van der Waals surface area contributed by atoms with Crippen molar-refractivity contribution in [2.24, 2.45) is 0 Å². The van der Waals surface area contributed by atoms with Crippen LogP contribution in [-0.2, 0) is 5.33 Å². The number of aryl methyl sites for hydroxylation is 1. The first-order valence-corrected chi connectivity index (χ1v) is 7.32. The molecule has 0 heterocycles. The molecule has 0 aromatic heterocycles. The number of carbonyl (C=O) groups is 1. The van der Waals surface area contributed by atoms with Crippen LogP contribution in [0.3, 0.4) is 0 Å². The maximum atomic E-state index is 12.1. The molecule has 0 aliphatic heterocycles. The van der Waals surface area contributed by atoms with Crippen LogP contribution in [0.4, 0.5) is 5.69 Å². The van der Waals surface area contributed by atoms with E-state index in [9.17, 15) is 4.79 Å². The minimum Gasteiger partial charge on any atom is -0.322 e. The summed E-state index contributed by atoms with van der Waals surface area (Å²) in [5.74, 6) is -0.159. The zero-order valence-electron chi connectivity index (χ0n) is 10.4. The lowest BCUT2D eigenvalue weighted by atomic mass is 10.1. The Balaban J connectivity index is 2.13. The van der Waals surface area contributed by atoms with Crippen LogP contribution >= 0.6 is 27.5 Å². The molecule has 1 amide bonds.